The zero-order valence-corrected chi connectivity index (χ0v) is 13.7. The molecule has 24 heavy (non-hydrogen) atoms. The summed E-state index contributed by atoms with van der Waals surface area (Å²) < 4.78 is 6.21. The molecule has 1 N–H and O–H groups in total. The number of H-pyrrole nitrogens is 1. The molecule has 0 unspecified atom stereocenters. The number of pyridine rings is 1. The maximum Gasteiger partial charge on any atom is 0.266 e. The maximum atomic E-state index is 12.2. The van der Waals surface area contributed by atoms with Crippen molar-refractivity contribution in [3.05, 3.63) is 79.5 Å². The van der Waals surface area contributed by atoms with Crippen LogP contribution in [0.5, 0.6) is 5.75 Å². The second-order valence-electron chi connectivity index (χ2n) is 4.95. The Morgan fingerprint density at radius 3 is 2.79 bits per heavy atom. The van der Waals surface area contributed by atoms with Crippen LogP contribution in [0.1, 0.15) is 15.9 Å². The second kappa shape index (κ2) is 7.06. The molecule has 0 radical (unpaired) electrons. The van der Waals surface area contributed by atoms with Gasteiger partial charge in [-0.15, -0.1) is 11.3 Å². The summed E-state index contributed by atoms with van der Waals surface area (Å²) in [4.78, 5) is 30.8. The number of hydrogen-bond donors (Lipinski definition) is 1. The number of hydrogen-bond acceptors (Lipinski definition) is 5. The van der Waals surface area contributed by atoms with E-state index in [-0.39, 0.29) is 11.3 Å². The van der Waals surface area contributed by atoms with Gasteiger partial charge >= 0.3 is 0 Å². The number of benzene rings is 1. The topological polar surface area (TPSA) is 72.0 Å². The van der Waals surface area contributed by atoms with Crippen molar-refractivity contribution in [3.63, 3.8) is 0 Å². The molecule has 0 atom stereocenters. The molecule has 6 heteroatoms. The lowest BCUT2D eigenvalue weighted by molar-refractivity contribution is 0.106. The molecular formula is C18H14N2O3S. The molecule has 120 valence electrons. The van der Waals surface area contributed by atoms with E-state index in [0.717, 1.165) is 11.3 Å². The van der Waals surface area contributed by atoms with E-state index in [2.05, 4.69) is 9.97 Å². The zero-order chi connectivity index (χ0) is 16.9. The number of thiazole rings is 1. The predicted octanol–water partition coefficient (Wildman–Crippen LogP) is 1.33. The van der Waals surface area contributed by atoms with Gasteiger partial charge in [-0.1, -0.05) is 12.1 Å². The number of ether oxygens (including phenoxy) is 1. The van der Waals surface area contributed by atoms with Crippen molar-refractivity contribution in [2.24, 2.45) is 0 Å². The molecule has 0 fully saturated rings. The van der Waals surface area contributed by atoms with Crippen molar-refractivity contribution < 1.29 is 9.53 Å². The first-order valence-corrected chi connectivity index (χ1v) is 7.98. The van der Waals surface area contributed by atoms with E-state index in [1.165, 1.54) is 17.4 Å². The van der Waals surface area contributed by atoms with Gasteiger partial charge in [-0.05, 0) is 35.9 Å². The first-order valence-electron chi connectivity index (χ1n) is 7.17. The number of ketones is 1. The smallest absolute Gasteiger partial charge is 0.266 e. The Balaban J connectivity index is 1.98. The molecule has 1 aromatic carbocycles. The Bertz CT molecular complexity index is 1040. The Morgan fingerprint density at radius 2 is 2.04 bits per heavy atom. The molecule has 0 spiro atoms. The SMILES string of the molecule is COc1cccc(/C=c2\s/c(=C\C(=O)c3ccncc3)[nH]c2=O)c1. The average molecular weight is 338 g/mol. The van der Waals surface area contributed by atoms with Gasteiger partial charge in [0.15, 0.2) is 5.78 Å². The molecule has 0 aliphatic rings. The fourth-order valence-electron chi connectivity index (χ4n) is 2.13. The molecule has 5 nitrogen and oxygen atoms in total. The van der Waals surface area contributed by atoms with Gasteiger partial charge < -0.3 is 9.72 Å². The van der Waals surface area contributed by atoms with Gasteiger partial charge in [0.1, 0.15) is 5.75 Å². The van der Waals surface area contributed by atoms with Gasteiger partial charge in [0.05, 0.1) is 16.3 Å². The third-order valence-electron chi connectivity index (χ3n) is 3.30. The molecule has 2 heterocycles. The van der Waals surface area contributed by atoms with Gasteiger partial charge in [-0.2, -0.15) is 0 Å². The number of aromatic nitrogens is 2. The molecule has 3 rings (SSSR count). The summed E-state index contributed by atoms with van der Waals surface area (Å²) >= 11 is 1.23. The lowest BCUT2D eigenvalue weighted by atomic mass is 10.2. The molecule has 3 aromatic rings. The number of carbonyl (C=O) groups excluding carboxylic acids is 1. The van der Waals surface area contributed by atoms with Crippen molar-refractivity contribution in [1.82, 2.24) is 9.97 Å². The standard InChI is InChI=1S/C18H14N2O3S/c1-23-14-4-2-3-12(9-14)10-16-18(22)20-17(24-16)11-15(21)13-5-7-19-8-6-13/h2-11H,1H3,(H,20,22)/b16-10-,17-11-. The largest absolute Gasteiger partial charge is 0.497 e. The Hall–Kier alpha value is -2.99. The fourth-order valence-corrected chi connectivity index (χ4v) is 3.01. The van der Waals surface area contributed by atoms with Gasteiger partial charge in [-0.3, -0.25) is 14.6 Å². The average Bonchev–Trinajstić information content (AvgIpc) is 2.95. The lowest BCUT2D eigenvalue weighted by Gasteiger charge is -1.99. The summed E-state index contributed by atoms with van der Waals surface area (Å²) in [6, 6.07) is 10.7. The van der Waals surface area contributed by atoms with Crippen LogP contribution in [0.3, 0.4) is 0 Å². The predicted molar refractivity (Wildman–Crippen MR) is 93.8 cm³/mol. The number of carbonyl (C=O) groups is 1. The highest BCUT2D eigenvalue weighted by Gasteiger charge is 2.02. The number of aromatic amines is 1. The third kappa shape index (κ3) is 3.67. The zero-order valence-electron chi connectivity index (χ0n) is 12.9. The van der Waals surface area contributed by atoms with Gasteiger partial charge in [0.2, 0.25) is 0 Å². The summed E-state index contributed by atoms with van der Waals surface area (Å²) in [6.45, 7) is 0. The van der Waals surface area contributed by atoms with Crippen molar-refractivity contribution in [2.75, 3.05) is 7.11 Å². The second-order valence-corrected chi connectivity index (χ2v) is 6.03. The minimum atomic E-state index is -0.225. The number of methoxy groups -OCH3 is 1. The van der Waals surface area contributed by atoms with Crippen LogP contribution in [-0.4, -0.2) is 22.9 Å². The first-order chi connectivity index (χ1) is 11.7. The molecule has 0 aliphatic carbocycles. The van der Waals surface area contributed by atoms with Crippen molar-refractivity contribution in [1.29, 1.82) is 0 Å². The van der Waals surface area contributed by atoms with Crippen LogP contribution in [0, 0.1) is 0 Å². The summed E-state index contributed by atoms with van der Waals surface area (Å²) in [5.74, 6) is 0.541. The first kappa shape index (κ1) is 15.9. The molecule has 0 amide bonds. The van der Waals surface area contributed by atoms with E-state index in [0.29, 0.717) is 14.8 Å². The van der Waals surface area contributed by atoms with Gasteiger partial charge in [0, 0.05) is 24.0 Å². The Kier molecular flexibility index (Phi) is 4.67. The quantitative estimate of drug-likeness (QED) is 0.729. The highest BCUT2D eigenvalue weighted by molar-refractivity contribution is 7.07. The highest BCUT2D eigenvalue weighted by Crippen LogP contribution is 2.12. The monoisotopic (exact) mass is 338 g/mol. The molecule has 0 bridgehead atoms. The van der Waals surface area contributed by atoms with Crippen molar-refractivity contribution >= 4 is 29.3 Å². The Morgan fingerprint density at radius 1 is 1.25 bits per heavy atom. The molecular weight excluding hydrogens is 324 g/mol. The normalized spacial score (nSPS) is 12.4. The van der Waals surface area contributed by atoms with Crippen LogP contribution in [0.2, 0.25) is 0 Å². The van der Waals surface area contributed by atoms with E-state index < -0.39 is 0 Å². The molecule has 0 saturated heterocycles. The fraction of sp³-hybridized carbons (Fsp3) is 0.0556. The number of Topliss-reactive ketones (excluding diaryl/α,β-unsaturated/α-hetero) is 1. The number of nitrogens with one attached hydrogen (secondary N) is 1. The summed E-state index contributed by atoms with van der Waals surface area (Å²) in [6.07, 6.45) is 6.30. The highest BCUT2D eigenvalue weighted by atomic mass is 32.1. The maximum absolute atomic E-state index is 12.2. The van der Waals surface area contributed by atoms with E-state index >= 15 is 0 Å². The lowest BCUT2D eigenvalue weighted by Crippen LogP contribution is -2.20. The van der Waals surface area contributed by atoms with Crippen LogP contribution in [0.25, 0.3) is 12.2 Å². The minimum Gasteiger partial charge on any atom is -0.497 e. The summed E-state index contributed by atoms with van der Waals surface area (Å²) in [5, 5.41) is 0. The number of rotatable bonds is 4. The van der Waals surface area contributed by atoms with Gasteiger partial charge in [-0.25, -0.2) is 0 Å². The van der Waals surface area contributed by atoms with Crippen LogP contribution >= 0.6 is 11.3 Å². The van der Waals surface area contributed by atoms with Crippen LogP contribution < -0.4 is 19.5 Å². The van der Waals surface area contributed by atoms with Crippen molar-refractivity contribution in [2.45, 2.75) is 0 Å². The van der Waals surface area contributed by atoms with Crippen LogP contribution in [-0.2, 0) is 0 Å². The molecule has 2 aromatic heterocycles. The van der Waals surface area contributed by atoms with E-state index in [1.807, 2.05) is 24.3 Å². The van der Waals surface area contributed by atoms with Crippen LogP contribution in [0.4, 0.5) is 0 Å². The van der Waals surface area contributed by atoms with E-state index in [9.17, 15) is 9.59 Å². The number of nitrogens with zero attached hydrogens (tertiary/aromatic N) is 1. The van der Waals surface area contributed by atoms with Crippen LogP contribution in [0.15, 0.2) is 53.6 Å². The minimum absolute atomic E-state index is 0.178. The molecule has 0 aliphatic heterocycles. The third-order valence-corrected chi connectivity index (χ3v) is 4.26. The van der Waals surface area contributed by atoms with E-state index in [4.69, 9.17) is 4.74 Å². The summed E-state index contributed by atoms with van der Waals surface area (Å²) in [5.41, 5.74) is 1.16. The summed E-state index contributed by atoms with van der Waals surface area (Å²) in [7, 11) is 1.59. The van der Waals surface area contributed by atoms with Crippen molar-refractivity contribution in [3.8, 4) is 5.75 Å². The van der Waals surface area contributed by atoms with Gasteiger partial charge in [0.25, 0.3) is 5.56 Å². The van der Waals surface area contributed by atoms with E-state index in [1.54, 1.807) is 37.7 Å². The molecule has 0 saturated carbocycles. The Labute approximate surface area is 141 Å².